The fraction of sp³-hybridized carbons (Fsp3) is 0.500. The van der Waals surface area contributed by atoms with Crippen LogP contribution in [0.1, 0.15) is 38.9 Å². The average molecular weight is 287 g/mol. The molecule has 1 fully saturated rings. The summed E-state index contributed by atoms with van der Waals surface area (Å²) in [6, 6.07) is 7.71. The SMILES string of the molecule is CC(C)Oc1ccc(-c2nc(C3(CN)CCC3)no2)cc1. The summed E-state index contributed by atoms with van der Waals surface area (Å²) in [5.74, 6) is 2.13. The molecule has 0 spiro atoms. The molecule has 0 bridgehead atoms. The summed E-state index contributed by atoms with van der Waals surface area (Å²) in [6.07, 6.45) is 3.43. The number of hydrogen-bond donors (Lipinski definition) is 1. The lowest BCUT2D eigenvalue weighted by molar-refractivity contribution is 0.229. The zero-order valence-electron chi connectivity index (χ0n) is 12.5. The lowest BCUT2D eigenvalue weighted by atomic mass is 9.68. The first-order chi connectivity index (χ1) is 10.1. The van der Waals surface area contributed by atoms with Gasteiger partial charge in [-0.3, -0.25) is 0 Å². The number of rotatable bonds is 5. The Hall–Kier alpha value is -1.88. The Morgan fingerprint density at radius 2 is 2.00 bits per heavy atom. The summed E-state index contributed by atoms with van der Waals surface area (Å²) >= 11 is 0. The van der Waals surface area contributed by atoms with E-state index in [4.69, 9.17) is 15.0 Å². The molecule has 0 radical (unpaired) electrons. The van der Waals surface area contributed by atoms with E-state index in [1.807, 2.05) is 38.1 Å². The fourth-order valence-electron chi connectivity index (χ4n) is 2.63. The van der Waals surface area contributed by atoms with E-state index >= 15 is 0 Å². The van der Waals surface area contributed by atoms with Gasteiger partial charge in [0.25, 0.3) is 5.89 Å². The number of hydrogen-bond acceptors (Lipinski definition) is 5. The third-order valence-electron chi connectivity index (χ3n) is 4.07. The van der Waals surface area contributed by atoms with Crippen molar-refractivity contribution in [2.45, 2.75) is 44.6 Å². The normalized spacial score (nSPS) is 16.8. The summed E-state index contributed by atoms with van der Waals surface area (Å²) in [7, 11) is 0. The first-order valence-corrected chi connectivity index (χ1v) is 7.44. The first kappa shape index (κ1) is 14.1. The maximum absolute atomic E-state index is 5.88. The number of ether oxygens (including phenoxy) is 1. The number of aromatic nitrogens is 2. The number of benzene rings is 1. The van der Waals surface area contributed by atoms with Crippen LogP contribution in [0.5, 0.6) is 5.75 Å². The largest absolute Gasteiger partial charge is 0.491 e. The molecular formula is C16H21N3O2. The van der Waals surface area contributed by atoms with Gasteiger partial charge in [0.2, 0.25) is 0 Å². The van der Waals surface area contributed by atoms with Gasteiger partial charge < -0.3 is 15.0 Å². The molecule has 1 aromatic carbocycles. The van der Waals surface area contributed by atoms with Crippen molar-refractivity contribution >= 4 is 0 Å². The van der Waals surface area contributed by atoms with Crippen LogP contribution in [0.3, 0.4) is 0 Å². The zero-order valence-corrected chi connectivity index (χ0v) is 12.5. The molecule has 1 aliphatic rings. The molecule has 1 aliphatic carbocycles. The lowest BCUT2D eigenvalue weighted by Crippen LogP contribution is -2.42. The lowest BCUT2D eigenvalue weighted by Gasteiger charge is -2.37. The smallest absolute Gasteiger partial charge is 0.257 e. The summed E-state index contributed by atoms with van der Waals surface area (Å²) in [6.45, 7) is 4.58. The van der Waals surface area contributed by atoms with Gasteiger partial charge in [-0.05, 0) is 51.0 Å². The van der Waals surface area contributed by atoms with Gasteiger partial charge in [0.15, 0.2) is 5.82 Å². The Bertz CT molecular complexity index is 595. The predicted molar refractivity (Wildman–Crippen MR) is 80.1 cm³/mol. The van der Waals surface area contributed by atoms with Crippen LogP contribution < -0.4 is 10.5 Å². The Kier molecular flexibility index (Phi) is 3.68. The van der Waals surface area contributed by atoms with Gasteiger partial charge in [-0.2, -0.15) is 4.98 Å². The number of nitrogens with two attached hydrogens (primary N) is 1. The minimum Gasteiger partial charge on any atom is -0.491 e. The second-order valence-corrected chi connectivity index (χ2v) is 5.95. The van der Waals surface area contributed by atoms with Crippen LogP contribution in [0.4, 0.5) is 0 Å². The zero-order chi connectivity index (χ0) is 14.9. The molecule has 0 aliphatic heterocycles. The highest BCUT2D eigenvalue weighted by Gasteiger charge is 2.41. The molecule has 5 nitrogen and oxygen atoms in total. The molecule has 3 rings (SSSR count). The summed E-state index contributed by atoms with van der Waals surface area (Å²) < 4.78 is 11.0. The van der Waals surface area contributed by atoms with Crippen LogP contribution in [0.25, 0.3) is 11.5 Å². The van der Waals surface area contributed by atoms with Crippen LogP contribution in [-0.4, -0.2) is 22.8 Å². The van der Waals surface area contributed by atoms with Crippen molar-refractivity contribution in [3.8, 4) is 17.2 Å². The van der Waals surface area contributed by atoms with Crippen LogP contribution in [-0.2, 0) is 5.41 Å². The highest BCUT2D eigenvalue weighted by Crippen LogP contribution is 2.41. The van der Waals surface area contributed by atoms with Crippen LogP contribution >= 0.6 is 0 Å². The van der Waals surface area contributed by atoms with Gasteiger partial charge in [-0.1, -0.05) is 11.6 Å². The maximum Gasteiger partial charge on any atom is 0.257 e. The Labute approximate surface area is 124 Å². The van der Waals surface area contributed by atoms with E-state index in [0.29, 0.717) is 12.4 Å². The van der Waals surface area contributed by atoms with Gasteiger partial charge in [-0.25, -0.2) is 0 Å². The predicted octanol–water partition coefficient (Wildman–Crippen LogP) is 2.90. The molecule has 0 saturated heterocycles. The van der Waals surface area contributed by atoms with E-state index in [1.54, 1.807) is 0 Å². The van der Waals surface area contributed by atoms with E-state index in [-0.39, 0.29) is 11.5 Å². The van der Waals surface area contributed by atoms with Crippen LogP contribution in [0, 0.1) is 0 Å². The van der Waals surface area contributed by atoms with Gasteiger partial charge in [0.1, 0.15) is 5.75 Å². The molecule has 1 saturated carbocycles. The van der Waals surface area contributed by atoms with Crippen molar-refractivity contribution in [1.82, 2.24) is 10.1 Å². The molecule has 1 aromatic heterocycles. The molecule has 2 aromatic rings. The minimum absolute atomic E-state index is 0.0670. The fourth-order valence-corrected chi connectivity index (χ4v) is 2.63. The molecule has 0 amide bonds. The van der Waals surface area contributed by atoms with Gasteiger partial charge in [0.05, 0.1) is 6.10 Å². The van der Waals surface area contributed by atoms with Crippen molar-refractivity contribution in [2.75, 3.05) is 6.54 Å². The average Bonchev–Trinajstić information content (AvgIpc) is 2.88. The highest BCUT2D eigenvalue weighted by molar-refractivity contribution is 5.54. The summed E-state index contributed by atoms with van der Waals surface area (Å²) in [5.41, 5.74) is 6.71. The quantitative estimate of drug-likeness (QED) is 0.915. The van der Waals surface area contributed by atoms with Crippen molar-refractivity contribution in [2.24, 2.45) is 5.73 Å². The monoisotopic (exact) mass is 287 g/mol. The summed E-state index contributed by atoms with van der Waals surface area (Å²) in [5, 5.41) is 4.13. The Balaban J connectivity index is 1.80. The highest BCUT2D eigenvalue weighted by atomic mass is 16.5. The van der Waals surface area contributed by atoms with E-state index < -0.39 is 0 Å². The van der Waals surface area contributed by atoms with E-state index in [2.05, 4.69) is 10.1 Å². The molecule has 112 valence electrons. The second-order valence-electron chi connectivity index (χ2n) is 5.95. The molecule has 0 atom stereocenters. The summed E-state index contributed by atoms with van der Waals surface area (Å²) in [4.78, 5) is 4.54. The third kappa shape index (κ3) is 2.65. The number of nitrogens with zero attached hydrogens (tertiary/aromatic N) is 2. The molecule has 21 heavy (non-hydrogen) atoms. The molecule has 5 heteroatoms. The van der Waals surface area contributed by atoms with E-state index in [0.717, 1.165) is 30.0 Å². The van der Waals surface area contributed by atoms with Crippen LogP contribution in [0.15, 0.2) is 28.8 Å². The molecule has 1 heterocycles. The molecule has 2 N–H and O–H groups in total. The first-order valence-electron chi connectivity index (χ1n) is 7.44. The van der Waals surface area contributed by atoms with Gasteiger partial charge in [0, 0.05) is 17.5 Å². The van der Waals surface area contributed by atoms with Gasteiger partial charge in [-0.15, -0.1) is 0 Å². The topological polar surface area (TPSA) is 74.2 Å². The maximum atomic E-state index is 5.88. The van der Waals surface area contributed by atoms with E-state index in [9.17, 15) is 0 Å². The Morgan fingerprint density at radius 3 is 2.52 bits per heavy atom. The third-order valence-corrected chi connectivity index (χ3v) is 4.07. The molecular weight excluding hydrogens is 266 g/mol. The second kappa shape index (κ2) is 5.48. The van der Waals surface area contributed by atoms with Crippen molar-refractivity contribution < 1.29 is 9.26 Å². The Morgan fingerprint density at radius 1 is 1.29 bits per heavy atom. The molecule has 0 unspecified atom stereocenters. The van der Waals surface area contributed by atoms with Crippen molar-refractivity contribution in [1.29, 1.82) is 0 Å². The van der Waals surface area contributed by atoms with Gasteiger partial charge >= 0.3 is 0 Å². The van der Waals surface area contributed by atoms with Crippen LogP contribution in [0.2, 0.25) is 0 Å². The van der Waals surface area contributed by atoms with E-state index in [1.165, 1.54) is 6.42 Å². The van der Waals surface area contributed by atoms with Crippen molar-refractivity contribution in [3.05, 3.63) is 30.1 Å². The minimum atomic E-state index is -0.0670. The standard InChI is InChI=1S/C16H21N3O2/c1-11(2)20-13-6-4-12(5-7-13)14-18-15(19-21-14)16(10-17)8-3-9-16/h4-7,11H,3,8-10,17H2,1-2H3. The van der Waals surface area contributed by atoms with Crippen molar-refractivity contribution in [3.63, 3.8) is 0 Å².